The molecule has 4 atom stereocenters. The Labute approximate surface area is 172 Å². The first-order valence-corrected chi connectivity index (χ1v) is 11.1. The summed E-state index contributed by atoms with van der Waals surface area (Å²) in [6.45, 7) is 0.762. The topological polar surface area (TPSA) is 192 Å². The van der Waals surface area contributed by atoms with Crippen molar-refractivity contribution in [1.29, 1.82) is 0 Å². The third kappa shape index (κ3) is 3.79. The Kier molecular flexibility index (Phi) is 5.28. The van der Waals surface area contributed by atoms with E-state index < -0.39 is 44.0 Å². The van der Waals surface area contributed by atoms with E-state index in [1.54, 1.807) is 6.07 Å². The number of hydrogen-bond acceptors (Lipinski definition) is 10. The van der Waals surface area contributed by atoms with E-state index in [0.29, 0.717) is 5.69 Å². The summed E-state index contributed by atoms with van der Waals surface area (Å²) in [5.41, 5.74) is -1.41. The summed E-state index contributed by atoms with van der Waals surface area (Å²) in [5.74, 6) is 0.130. The number of H-pyrrole nitrogens is 1. The number of ether oxygens (including phenoxy) is 1. The Balaban J connectivity index is 1.70. The summed E-state index contributed by atoms with van der Waals surface area (Å²) < 4.78 is 22.3. The number of aliphatic hydroxyl groups is 2. The summed E-state index contributed by atoms with van der Waals surface area (Å²) >= 11 is 1.45. The second kappa shape index (κ2) is 7.51. The normalized spacial score (nSPS) is 27.0. The number of fused-ring (bicyclic) bond motifs is 1. The minimum absolute atomic E-state index is 0.0210. The van der Waals surface area contributed by atoms with Gasteiger partial charge in [0.2, 0.25) is 5.95 Å². The molecule has 0 aromatic carbocycles. The van der Waals surface area contributed by atoms with Crippen molar-refractivity contribution >= 4 is 42.0 Å². The van der Waals surface area contributed by atoms with E-state index in [4.69, 9.17) is 14.5 Å². The highest BCUT2D eigenvalue weighted by Crippen LogP contribution is 2.41. The van der Waals surface area contributed by atoms with Crippen molar-refractivity contribution in [2.45, 2.75) is 31.0 Å². The molecule has 3 aromatic heterocycles. The number of anilines is 2. The summed E-state index contributed by atoms with van der Waals surface area (Å²) in [5, 5.41) is 27.5. The third-order valence-corrected chi connectivity index (χ3v) is 5.89. The third-order valence-electron chi connectivity index (χ3n) is 4.72. The van der Waals surface area contributed by atoms with E-state index in [9.17, 15) is 19.6 Å². The van der Waals surface area contributed by atoms with Gasteiger partial charge in [-0.15, -0.1) is 0 Å². The van der Waals surface area contributed by atoms with Gasteiger partial charge in [0, 0.05) is 5.38 Å². The van der Waals surface area contributed by atoms with Crippen molar-refractivity contribution in [3.63, 3.8) is 0 Å². The molecule has 0 saturated carbocycles. The Morgan fingerprint density at radius 1 is 1.47 bits per heavy atom. The molecule has 162 valence electrons. The van der Waals surface area contributed by atoms with Gasteiger partial charge < -0.3 is 30.1 Å². The van der Waals surface area contributed by atoms with E-state index >= 15 is 0 Å². The molecule has 1 saturated heterocycles. The van der Waals surface area contributed by atoms with Crippen LogP contribution < -0.4 is 10.9 Å². The molecule has 0 amide bonds. The molecule has 0 aliphatic carbocycles. The number of thiophene rings is 1. The molecular formula is C15H18N5O8PS. The van der Waals surface area contributed by atoms with Crippen molar-refractivity contribution in [1.82, 2.24) is 19.5 Å². The molecule has 4 rings (SSSR count). The largest absolute Gasteiger partial charge is 0.469 e. The lowest BCUT2D eigenvalue weighted by atomic mass is 10.0. The van der Waals surface area contributed by atoms with Gasteiger partial charge in [-0.2, -0.15) is 16.3 Å². The van der Waals surface area contributed by atoms with Gasteiger partial charge in [0.05, 0.1) is 18.6 Å². The number of hydrogen-bond donors (Lipinski definition) is 6. The molecule has 13 nitrogen and oxygen atoms in total. The number of aliphatic hydroxyl groups excluding tert-OH is 2. The van der Waals surface area contributed by atoms with Crippen LogP contribution in [0.1, 0.15) is 6.92 Å². The zero-order chi connectivity index (χ0) is 21.7. The van der Waals surface area contributed by atoms with E-state index in [2.05, 4.69) is 24.8 Å². The van der Waals surface area contributed by atoms with Gasteiger partial charge in [0.25, 0.3) is 5.56 Å². The summed E-state index contributed by atoms with van der Waals surface area (Å²) in [6.07, 6.45) is -3.08. The van der Waals surface area contributed by atoms with E-state index in [-0.39, 0.29) is 17.1 Å². The van der Waals surface area contributed by atoms with Gasteiger partial charge in [-0.1, -0.05) is 0 Å². The van der Waals surface area contributed by atoms with Crippen LogP contribution in [0.4, 0.5) is 11.6 Å². The summed E-state index contributed by atoms with van der Waals surface area (Å²) in [4.78, 5) is 41.1. The standard InChI is InChI=1S/C15H18N5O8PS/c1-15(11(22)10(21)8(28-15)4-27-29(24,25)26)20-6-16-9-12(20)18-14(19-13(9)23)17-7-2-3-30-5-7/h2-3,5-6,8,10-11,21-22H,4H2,1H3,(H2,24,25,26)(H2,17,18,19,23)/t8-,10-,11-,15-/m1/s1. The van der Waals surface area contributed by atoms with Crippen molar-refractivity contribution in [2.24, 2.45) is 0 Å². The number of phosphoric ester groups is 1. The number of aromatic amines is 1. The minimum atomic E-state index is -4.80. The van der Waals surface area contributed by atoms with Gasteiger partial charge >= 0.3 is 7.82 Å². The van der Waals surface area contributed by atoms with Gasteiger partial charge in [0.1, 0.15) is 18.3 Å². The highest BCUT2D eigenvalue weighted by Gasteiger charge is 2.53. The van der Waals surface area contributed by atoms with Crippen molar-refractivity contribution in [3.05, 3.63) is 33.5 Å². The molecule has 0 bridgehead atoms. The lowest BCUT2D eigenvalue weighted by Gasteiger charge is -2.29. The van der Waals surface area contributed by atoms with E-state index in [0.717, 1.165) is 0 Å². The van der Waals surface area contributed by atoms with Gasteiger partial charge in [-0.25, -0.2) is 9.55 Å². The molecule has 1 aliphatic heterocycles. The summed E-state index contributed by atoms with van der Waals surface area (Å²) in [6, 6.07) is 1.79. The molecule has 1 fully saturated rings. The van der Waals surface area contributed by atoms with Crippen LogP contribution in [0.15, 0.2) is 27.9 Å². The van der Waals surface area contributed by atoms with Crippen LogP contribution in [0, 0.1) is 0 Å². The number of imidazole rings is 1. The van der Waals surface area contributed by atoms with Crippen LogP contribution in [-0.2, 0) is 19.6 Å². The first-order valence-electron chi connectivity index (χ1n) is 8.59. The highest BCUT2D eigenvalue weighted by molar-refractivity contribution is 7.46. The highest BCUT2D eigenvalue weighted by atomic mass is 32.1. The molecule has 0 unspecified atom stereocenters. The van der Waals surface area contributed by atoms with Crippen LogP contribution in [0.2, 0.25) is 0 Å². The number of nitrogens with zero attached hydrogens (tertiary/aromatic N) is 3. The first kappa shape index (κ1) is 21.1. The molecular weight excluding hydrogens is 441 g/mol. The number of aromatic nitrogens is 4. The van der Waals surface area contributed by atoms with E-state index in [1.165, 1.54) is 29.2 Å². The molecule has 30 heavy (non-hydrogen) atoms. The Bertz CT molecular complexity index is 1160. The van der Waals surface area contributed by atoms with Crippen LogP contribution in [0.25, 0.3) is 11.2 Å². The van der Waals surface area contributed by atoms with Crippen molar-refractivity contribution < 1.29 is 33.8 Å². The average Bonchev–Trinajstić information content (AvgIpc) is 3.37. The quantitative estimate of drug-likeness (QED) is 0.268. The maximum Gasteiger partial charge on any atom is 0.469 e. The molecule has 15 heteroatoms. The second-order valence-electron chi connectivity index (χ2n) is 6.77. The molecule has 1 aliphatic rings. The minimum Gasteiger partial charge on any atom is -0.387 e. The van der Waals surface area contributed by atoms with Crippen molar-refractivity contribution in [3.8, 4) is 0 Å². The summed E-state index contributed by atoms with van der Waals surface area (Å²) in [7, 11) is -4.80. The first-order chi connectivity index (χ1) is 14.1. The van der Waals surface area contributed by atoms with Gasteiger partial charge in [-0.3, -0.25) is 18.9 Å². The zero-order valence-electron chi connectivity index (χ0n) is 15.4. The van der Waals surface area contributed by atoms with Crippen LogP contribution >= 0.6 is 19.2 Å². The number of rotatable bonds is 6. The predicted octanol–water partition coefficient (Wildman–Crippen LogP) is -0.173. The Morgan fingerprint density at radius 2 is 2.23 bits per heavy atom. The van der Waals surface area contributed by atoms with Gasteiger partial charge in [-0.05, 0) is 18.4 Å². The molecule has 0 spiro atoms. The smallest absolute Gasteiger partial charge is 0.387 e. The lowest BCUT2D eigenvalue weighted by Crippen LogP contribution is -2.43. The van der Waals surface area contributed by atoms with Crippen LogP contribution in [-0.4, -0.2) is 64.4 Å². The number of phosphoric acid groups is 1. The fourth-order valence-electron chi connectivity index (χ4n) is 3.23. The lowest BCUT2D eigenvalue weighted by molar-refractivity contribution is -0.131. The number of nitrogens with one attached hydrogen (secondary N) is 2. The van der Waals surface area contributed by atoms with Crippen LogP contribution in [0.5, 0.6) is 0 Å². The molecule has 3 aromatic rings. The van der Waals surface area contributed by atoms with Crippen molar-refractivity contribution in [2.75, 3.05) is 11.9 Å². The monoisotopic (exact) mass is 459 g/mol. The second-order valence-corrected chi connectivity index (χ2v) is 8.79. The maximum absolute atomic E-state index is 12.4. The fourth-order valence-corrected chi connectivity index (χ4v) is 4.16. The van der Waals surface area contributed by atoms with Gasteiger partial charge in [0.15, 0.2) is 16.9 Å². The Hall–Kier alpha value is -2.16. The Morgan fingerprint density at radius 3 is 2.90 bits per heavy atom. The molecule has 4 heterocycles. The van der Waals surface area contributed by atoms with E-state index in [1.807, 2.05) is 10.8 Å². The molecule has 6 N–H and O–H groups in total. The molecule has 0 radical (unpaired) electrons. The average molecular weight is 459 g/mol. The maximum atomic E-state index is 12.4. The fraction of sp³-hybridized carbons (Fsp3) is 0.400. The SMILES string of the molecule is C[C@@]1(n2cnc3c(=O)[nH]c(Nc4ccsc4)nc32)O[C@H](COP(=O)(O)O)[C@@H](O)[C@H]1O. The van der Waals surface area contributed by atoms with Crippen LogP contribution in [0.3, 0.4) is 0 Å². The zero-order valence-corrected chi connectivity index (χ0v) is 17.1. The predicted molar refractivity (Wildman–Crippen MR) is 104 cm³/mol.